The lowest BCUT2D eigenvalue weighted by Crippen LogP contribution is -2.52. The molecule has 0 spiro atoms. The normalized spacial score (nSPS) is 12.2. The number of nitrogens with one attached hydrogen (secondary N) is 1. The molecule has 0 aliphatic heterocycles. The molecule has 9 nitrogen and oxygen atoms in total. The molecule has 0 aromatic heterocycles. The summed E-state index contributed by atoms with van der Waals surface area (Å²) in [6.07, 6.45) is 1.75. The fourth-order valence-electron chi connectivity index (χ4n) is 3.74. The Kier molecular flexibility index (Phi) is 10.9. The summed E-state index contributed by atoms with van der Waals surface area (Å²) >= 11 is 0. The Bertz CT molecular complexity index is 1170. The second-order valence-electron chi connectivity index (χ2n) is 9.28. The Morgan fingerprint density at radius 1 is 1.05 bits per heavy atom. The van der Waals surface area contributed by atoms with Gasteiger partial charge in [-0.15, -0.1) is 0 Å². The van der Waals surface area contributed by atoms with E-state index in [0.29, 0.717) is 18.0 Å². The number of nitrogens with zero attached hydrogens (tertiary/aromatic N) is 3. The molecule has 0 fully saturated rings. The zero-order valence-corrected chi connectivity index (χ0v) is 23.8. The molecule has 1 unspecified atom stereocenters. The highest BCUT2D eigenvalue weighted by Crippen LogP contribution is 2.26. The Morgan fingerprint density at radius 2 is 1.70 bits per heavy atom. The number of unbranched alkanes of at least 4 members (excludes halogenated alkanes) is 1. The minimum absolute atomic E-state index is 0.133. The molecule has 0 saturated heterocycles. The van der Waals surface area contributed by atoms with E-state index >= 15 is 0 Å². The molecule has 37 heavy (non-hydrogen) atoms. The van der Waals surface area contributed by atoms with Gasteiger partial charge in [-0.25, -0.2) is 4.31 Å². The van der Waals surface area contributed by atoms with Crippen molar-refractivity contribution in [3.8, 4) is 5.75 Å². The number of carbonyl (C=O) groups excluding carboxylic acids is 2. The van der Waals surface area contributed by atoms with E-state index in [2.05, 4.69) is 5.32 Å². The van der Waals surface area contributed by atoms with Crippen molar-refractivity contribution in [2.75, 3.05) is 38.6 Å². The van der Waals surface area contributed by atoms with Crippen LogP contribution in [0.2, 0.25) is 0 Å². The smallest absolute Gasteiger partial charge is 0.304 e. The number of hydrogen-bond donors (Lipinski definition) is 1. The first kappa shape index (κ1) is 30.1. The van der Waals surface area contributed by atoms with Crippen LogP contribution in [0.25, 0.3) is 0 Å². The van der Waals surface area contributed by atoms with Crippen LogP contribution in [0, 0.1) is 13.8 Å². The van der Waals surface area contributed by atoms with Crippen molar-refractivity contribution >= 4 is 27.7 Å². The Labute approximate surface area is 221 Å². The van der Waals surface area contributed by atoms with Crippen LogP contribution < -0.4 is 14.4 Å². The number of hydrogen-bond acceptors (Lipinski definition) is 5. The predicted molar refractivity (Wildman–Crippen MR) is 147 cm³/mol. The molecule has 0 aliphatic carbocycles. The topological polar surface area (TPSA) is 99.3 Å². The van der Waals surface area contributed by atoms with Crippen molar-refractivity contribution < 1.29 is 22.7 Å². The van der Waals surface area contributed by atoms with Gasteiger partial charge in [0.2, 0.25) is 11.8 Å². The maximum Gasteiger partial charge on any atom is 0.304 e. The molecule has 1 atom stereocenters. The first-order valence-electron chi connectivity index (χ1n) is 12.4. The molecule has 2 amide bonds. The predicted octanol–water partition coefficient (Wildman–Crippen LogP) is 3.26. The van der Waals surface area contributed by atoms with Gasteiger partial charge >= 0.3 is 10.2 Å². The lowest BCUT2D eigenvalue weighted by atomic mass is 10.1. The second kappa shape index (κ2) is 13.4. The van der Waals surface area contributed by atoms with E-state index < -0.39 is 28.7 Å². The van der Waals surface area contributed by atoms with Gasteiger partial charge in [-0.05, 0) is 62.1 Å². The first-order valence-corrected chi connectivity index (χ1v) is 13.8. The highest BCUT2D eigenvalue weighted by molar-refractivity contribution is 7.90. The third-order valence-electron chi connectivity index (χ3n) is 6.16. The molecule has 204 valence electrons. The van der Waals surface area contributed by atoms with Crippen molar-refractivity contribution in [3.05, 3.63) is 59.2 Å². The van der Waals surface area contributed by atoms with E-state index in [1.54, 1.807) is 39.2 Å². The first-order chi connectivity index (χ1) is 17.4. The number of rotatable bonds is 13. The monoisotopic (exact) mass is 532 g/mol. The van der Waals surface area contributed by atoms with E-state index in [0.717, 1.165) is 38.1 Å². The Balaban J connectivity index is 2.46. The Morgan fingerprint density at radius 3 is 2.27 bits per heavy atom. The minimum Gasteiger partial charge on any atom is -0.497 e. The van der Waals surface area contributed by atoms with Crippen LogP contribution in [0.3, 0.4) is 0 Å². The van der Waals surface area contributed by atoms with Crippen molar-refractivity contribution in [2.45, 2.75) is 53.1 Å². The SMILES string of the molecule is CCCCNC(=O)C(C)N(Cc1ccc(OC)cc1)C(=O)CN(c1cc(C)ccc1C)S(=O)(=O)N(C)C. The van der Waals surface area contributed by atoms with Crippen molar-refractivity contribution in [3.63, 3.8) is 0 Å². The second-order valence-corrected chi connectivity index (χ2v) is 11.3. The molecule has 0 radical (unpaired) electrons. The minimum atomic E-state index is -4.00. The standard InChI is InChI=1S/C27H40N4O5S/c1-8-9-16-28-27(33)22(4)30(18-23-12-14-24(36-7)15-13-23)26(32)19-31(37(34,35)29(5)6)25-17-20(2)10-11-21(25)3/h10-15,17,22H,8-9,16,18-19H2,1-7H3,(H,28,33). The number of aryl methyl sites for hydroxylation is 2. The molecule has 2 aromatic carbocycles. The molecule has 2 rings (SSSR count). The molecule has 0 saturated carbocycles. The number of ether oxygens (including phenoxy) is 1. The lowest BCUT2D eigenvalue weighted by Gasteiger charge is -2.33. The molecule has 0 heterocycles. The molecule has 0 bridgehead atoms. The van der Waals surface area contributed by atoms with Gasteiger partial charge in [0.15, 0.2) is 0 Å². The van der Waals surface area contributed by atoms with Crippen molar-refractivity contribution in [1.82, 2.24) is 14.5 Å². The zero-order chi connectivity index (χ0) is 27.8. The summed E-state index contributed by atoms with van der Waals surface area (Å²) in [5.41, 5.74) is 2.80. The van der Waals surface area contributed by atoms with E-state index in [1.165, 1.54) is 19.0 Å². The largest absolute Gasteiger partial charge is 0.497 e. The number of carbonyl (C=O) groups is 2. The highest BCUT2D eigenvalue weighted by Gasteiger charge is 2.33. The summed E-state index contributed by atoms with van der Waals surface area (Å²) in [5, 5.41) is 2.88. The molecule has 0 aliphatic rings. The van der Waals surface area contributed by atoms with Crippen LogP contribution in [0.15, 0.2) is 42.5 Å². The van der Waals surface area contributed by atoms with E-state index in [1.807, 2.05) is 38.1 Å². The van der Waals surface area contributed by atoms with Crippen LogP contribution in [0.5, 0.6) is 5.75 Å². The summed E-state index contributed by atoms with van der Waals surface area (Å²) in [6, 6.07) is 11.9. The maximum atomic E-state index is 13.8. The van der Waals surface area contributed by atoms with Crippen molar-refractivity contribution in [2.24, 2.45) is 0 Å². The average molecular weight is 533 g/mol. The van der Waals surface area contributed by atoms with Gasteiger partial charge in [0.05, 0.1) is 12.8 Å². The van der Waals surface area contributed by atoms with Crippen molar-refractivity contribution in [1.29, 1.82) is 0 Å². The lowest BCUT2D eigenvalue weighted by molar-refractivity contribution is -0.139. The number of methoxy groups -OCH3 is 1. The van der Waals surface area contributed by atoms with Gasteiger partial charge in [-0.1, -0.05) is 37.6 Å². The van der Waals surface area contributed by atoms with Crippen LogP contribution in [0.1, 0.15) is 43.4 Å². The van der Waals surface area contributed by atoms with Gasteiger partial charge in [0, 0.05) is 27.2 Å². The summed E-state index contributed by atoms with van der Waals surface area (Å²) in [6.45, 7) is 7.54. The fraction of sp³-hybridized carbons (Fsp3) is 0.481. The third kappa shape index (κ3) is 7.93. The molecule has 1 N–H and O–H groups in total. The molecular formula is C27H40N4O5S. The van der Waals surface area contributed by atoms with Gasteiger partial charge < -0.3 is 15.0 Å². The summed E-state index contributed by atoms with van der Waals surface area (Å²) in [7, 11) is 0.422. The number of amides is 2. The fourth-order valence-corrected chi connectivity index (χ4v) is 4.85. The zero-order valence-electron chi connectivity index (χ0n) is 22.9. The summed E-state index contributed by atoms with van der Waals surface area (Å²) in [5.74, 6) is -0.102. The van der Waals surface area contributed by atoms with Crippen LogP contribution in [-0.2, 0) is 26.3 Å². The van der Waals surface area contributed by atoms with Crippen LogP contribution in [0.4, 0.5) is 5.69 Å². The summed E-state index contributed by atoms with van der Waals surface area (Å²) in [4.78, 5) is 28.2. The molecular weight excluding hydrogens is 492 g/mol. The Hall–Kier alpha value is -3.11. The van der Waals surface area contributed by atoms with Gasteiger partial charge in [-0.3, -0.25) is 9.59 Å². The van der Waals surface area contributed by atoms with E-state index in [-0.39, 0.29) is 12.5 Å². The van der Waals surface area contributed by atoms with E-state index in [9.17, 15) is 18.0 Å². The quantitative estimate of drug-likeness (QED) is 0.399. The molecule has 2 aromatic rings. The number of anilines is 1. The van der Waals surface area contributed by atoms with Crippen LogP contribution >= 0.6 is 0 Å². The average Bonchev–Trinajstić information content (AvgIpc) is 2.87. The van der Waals surface area contributed by atoms with Gasteiger partial charge in [0.1, 0.15) is 18.3 Å². The summed E-state index contributed by atoms with van der Waals surface area (Å²) < 4.78 is 34.1. The third-order valence-corrected chi connectivity index (χ3v) is 7.97. The number of benzene rings is 2. The maximum absolute atomic E-state index is 13.8. The van der Waals surface area contributed by atoms with E-state index in [4.69, 9.17) is 4.74 Å². The van der Waals surface area contributed by atoms with Gasteiger partial charge in [-0.2, -0.15) is 12.7 Å². The molecule has 10 heteroatoms. The highest BCUT2D eigenvalue weighted by atomic mass is 32.2. The van der Waals surface area contributed by atoms with Crippen LogP contribution in [-0.4, -0.2) is 69.8 Å². The van der Waals surface area contributed by atoms with Gasteiger partial charge in [0.25, 0.3) is 0 Å².